The first kappa shape index (κ1) is 15.7. The van der Waals surface area contributed by atoms with E-state index in [1.54, 1.807) is 11.6 Å². The van der Waals surface area contributed by atoms with Gasteiger partial charge in [-0.25, -0.2) is 4.98 Å². The van der Waals surface area contributed by atoms with Crippen molar-refractivity contribution in [3.05, 3.63) is 27.8 Å². The molecule has 2 aromatic rings. The molecular weight excluding hydrogens is 290 g/mol. The Labute approximate surface area is 127 Å². The van der Waals surface area contributed by atoms with E-state index in [0.717, 1.165) is 17.7 Å². The van der Waals surface area contributed by atoms with Crippen LogP contribution in [0.25, 0.3) is 10.2 Å². The van der Waals surface area contributed by atoms with Gasteiger partial charge in [0.1, 0.15) is 5.69 Å². The average Bonchev–Trinajstić information content (AvgIpc) is 2.89. The molecule has 21 heavy (non-hydrogen) atoms. The number of anilines is 1. The summed E-state index contributed by atoms with van der Waals surface area (Å²) in [5, 5.41) is 14.4. The fraction of sp³-hybridized carbons (Fsp3) is 0.500. The predicted molar refractivity (Wildman–Crippen MR) is 85.0 cm³/mol. The molecule has 1 N–H and O–H groups in total. The molecule has 0 unspecified atom stereocenters. The van der Waals surface area contributed by atoms with Crippen LogP contribution >= 0.6 is 11.3 Å². The molecule has 0 atom stereocenters. The van der Waals surface area contributed by atoms with E-state index in [1.165, 1.54) is 11.3 Å². The zero-order valence-corrected chi connectivity index (χ0v) is 13.0. The molecule has 0 aliphatic heterocycles. The lowest BCUT2D eigenvalue weighted by atomic mass is 10.2. The summed E-state index contributed by atoms with van der Waals surface area (Å²) >= 11 is 1.40. The van der Waals surface area contributed by atoms with Gasteiger partial charge in [-0.3, -0.25) is 10.1 Å². The van der Waals surface area contributed by atoms with Gasteiger partial charge < -0.3 is 10.1 Å². The largest absolute Gasteiger partial charge is 0.381 e. The van der Waals surface area contributed by atoms with E-state index in [0.29, 0.717) is 30.3 Å². The van der Waals surface area contributed by atoms with E-state index in [9.17, 15) is 10.1 Å². The molecule has 6 nitrogen and oxygen atoms in total. The van der Waals surface area contributed by atoms with Gasteiger partial charge >= 0.3 is 5.69 Å². The first-order valence-electron chi connectivity index (χ1n) is 6.91. The van der Waals surface area contributed by atoms with Gasteiger partial charge in [0.15, 0.2) is 5.52 Å². The average molecular weight is 309 g/mol. The Balaban J connectivity index is 1.95. The van der Waals surface area contributed by atoms with Crippen molar-refractivity contribution in [2.45, 2.75) is 20.3 Å². The lowest BCUT2D eigenvalue weighted by Gasteiger charge is -2.09. The molecule has 0 fully saturated rings. The number of nitrogens with one attached hydrogen (secondary N) is 1. The van der Waals surface area contributed by atoms with Gasteiger partial charge in [0, 0.05) is 19.8 Å². The second kappa shape index (κ2) is 7.33. The molecule has 0 saturated carbocycles. The Hall–Kier alpha value is -1.73. The van der Waals surface area contributed by atoms with Crippen LogP contribution in [0.15, 0.2) is 17.6 Å². The van der Waals surface area contributed by atoms with Crippen molar-refractivity contribution in [1.82, 2.24) is 4.98 Å². The molecule has 1 heterocycles. The molecule has 0 spiro atoms. The first-order chi connectivity index (χ1) is 10.1. The van der Waals surface area contributed by atoms with Crippen LogP contribution in [0.4, 0.5) is 11.4 Å². The highest BCUT2D eigenvalue weighted by atomic mass is 32.1. The van der Waals surface area contributed by atoms with Gasteiger partial charge in [-0.15, -0.1) is 11.3 Å². The number of hydrogen-bond donors (Lipinski definition) is 1. The summed E-state index contributed by atoms with van der Waals surface area (Å²) in [5.74, 6) is 0.520. The normalized spacial score (nSPS) is 11.2. The molecular formula is C14H19N3O3S. The molecule has 0 aliphatic carbocycles. The van der Waals surface area contributed by atoms with Crippen molar-refractivity contribution in [3.63, 3.8) is 0 Å². The highest BCUT2D eigenvalue weighted by molar-refractivity contribution is 7.16. The quantitative estimate of drug-likeness (QED) is 0.457. The smallest absolute Gasteiger partial charge is 0.319 e. The number of hydrogen-bond acceptors (Lipinski definition) is 6. The molecule has 1 aromatic carbocycles. The van der Waals surface area contributed by atoms with Gasteiger partial charge in [-0.1, -0.05) is 13.8 Å². The number of nitro groups is 1. The lowest BCUT2D eigenvalue weighted by Crippen LogP contribution is -2.09. The summed E-state index contributed by atoms with van der Waals surface area (Å²) in [7, 11) is 0. The minimum absolute atomic E-state index is 0.0526. The Morgan fingerprint density at radius 2 is 2.29 bits per heavy atom. The van der Waals surface area contributed by atoms with E-state index >= 15 is 0 Å². The van der Waals surface area contributed by atoms with Crippen molar-refractivity contribution in [3.8, 4) is 0 Å². The minimum Gasteiger partial charge on any atom is -0.381 e. The molecule has 0 radical (unpaired) electrons. The lowest BCUT2D eigenvalue weighted by molar-refractivity contribution is -0.382. The molecule has 0 bridgehead atoms. The summed E-state index contributed by atoms with van der Waals surface area (Å²) < 4.78 is 6.31. The monoisotopic (exact) mass is 309 g/mol. The molecule has 0 aliphatic rings. The molecule has 0 amide bonds. The van der Waals surface area contributed by atoms with Gasteiger partial charge in [0.2, 0.25) is 0 Å². The Morgan fingerprint density at radius 1 is 1.48 bits per heavy atom. The van der Waals surface area contributed by atoms with Crippen molar-refractivity contribution < 1.29 is 9.66 Å². The number of benzene rings is 1. The van der Waals surface area contributed by atoms with Crippen LogP contribution in [0.3, 0.4) is 0 Å². The summed E-state index contributed by atoms with van der Waals surface area (Å²) in [4.78, 5) is 15.0. The zero-order chi connectivity index (χ0) is 15.2. The number of fused-ring (bicyclic) bond motifs is 1. The standard InChI is InChI=1S/C14H19N3O3S/c1-10(2)8-20-7-3-6-15-11-4-5-12-13(16-9-21-12)14(11)17(18)19/h4-5,9-10,15H,3,6-8H2,1-2H3. The van der Waals surface area contributed by atoms with Crippen molar-refractivity contribution in [2.75, 3.05) is 25.1 Å². The van der Waals surface area contributed by atoms with E-state index in [1.807, 2.05) is 6.07 Å². The van der Waals surface area contributed by atoms with Crippen LogP contribution in [-0.4, -0.2) is 29.7 Å². The summed E-state index contributed by atoms with van der Waals surface area (Å²) in [6.07, 6.45) is 0.805. The Kier molecular flexibility index (Phi) is 5.46. The maximum Gasteiger partial charge on any atom is 0.319 e. The van der Waals surface area contributed by atoms with Gasteiger partial charge in [-0.05, 0) is 24.5 Å². The summed E-state index contributed by atoms with van der Waals surface area (Å²) in [6.45, 7) is 6.23. The predicted octanol–water partition coefficient (Wildman–Crippen LogP) is 3.68. The van der Waals surface area contributed by atoms with Crippen molar-refractivity contribution >= 4 is 32.9 Å². The SMILES string of the molecule is CC(C)COCCCNc1ccc2scnc2c1[N+](=O)[O-]. The van der Waals surface area contributed by atoms with Gasteiger partial charge in [0.25, 0.3) is 0 Å². The maximum atomic E-state index is 11.2. The third-order valence-corrected chi connectivity index (χ3v) is 3.68. The Bertz CT molecular complexity index is 613. The third-order valence-electron chi connectivity index (χ3n) is 2.89. The molecule has 114 valence electrons. The summed E-state index contributed by atoms with van der Waals surface area (Å²) in [5.41, 5.74) is 2.64. The second-order valence-electron chi connectivity index (χ2n) is 5.17. The number of rotatable bonds is 8. The van der Waals surface area contributed by atoms with E-state index in [2.05, 4.69) is 24.1 Å². The molecule has 1 aromatic heterocycles. The fourth-order valence-corrected chi connectivity index (χ4v) is 2.64. The highest BCUT2D eigenvalue weighted by Crippen LogP contribution is 2.34. The highest BCUT2D eigenvalue weighted by Gasteiger charge is 2.20. The third kappa shape index (κ3) is 4.12. The number of ether oxygens (including phenoxy) is 1. The number of aromatic nitrogens is 1. The second-order valence-corrected chi connectivity index (χ2v) is 6.05. The van der Waals surface area contributed by atoms with E-state index < -0.39 is 0 Å². The van der Waals surface area contributed by atoms with Crippen molar-refractivity contribution in [2.24, 2.45) is 5.92 Å². The fourth-order valence-electron chi connectivity index (χ4n) is 1.96. The minimum atomic E-state index is -0.375. The topological polar surface area (TPSA) is 77.3 Å². The van der Waals surface area contributed by atoms with Crippen LogP contribution in [0, 0.1) is 16.0 Å². The van der Waals surface area contributed by atoms with Crippen LogP contribution in [0.5, 0.6) is 0 Å². The van der Waals surface area contributed by atoms with Gasteiger partial charge in [-0.2, -0.15) is 0 Å². The van der Waals surface area contributed by atoms with Crippen LogP contribution in [0.1, 0.15) is 20.3 Å². The molecule has 7 heteroatoms. The van der Waals surface area contributed by atoms with Gasteiger partial charge in [0.05, 0.1) is 15.1 Å². The Morgan fingerprint density at radius 3 is 3.00 bits per heavy atom. The van der Waals surface area contributed by atoms with Crippen molar-refractivity contribution in [1.29, 1.82) is 0 Å². The molecule has 2 rings (SSSR count). The first-order valence-corrected chi connectivity index (χ1v) is 7.79. The van der Waals surface area contributed by atoms with Crippen LogP contribution in [-0.2, 0) is 4.74 Å². The summed E-state index contributed by atoms with van der Waals surface area (Å²) in [6, 6.07) is 3.60. The number of nitro benzene ring substituents is 1. The maximum absolute atomic E-state index is 11.2. The number of nitrogens with zero attached hydrogens (tertiary/aromatic N) is 2. The van der Waals surface area contributed by atoms with Crippen LogP contribution in [0.2, 0.25) is 0 Å². The molecule has 0 saturated heterocycles. The van der Waals surface area contributed by atoms with E-state index in [4.69, 9.17) is 4.74 Å². The van der Waals surface area contributed by atoms with E-state index in [-0.39, 0.29) is 10.6 Å². The number of thiazole rings is 1. The zero-order valence-electron chi connectivity index (χ0n) is 12.2. The van der Waals surface area contributed by atoms with Crippen LogP contribution < -0.4 is 5.32 Å².